The molecule has 5 rings (SSSR count). The molecule has 160 valence electrons. The Balaban J connectivity index is 1.32. The lowest BCUT2D eigenvalue weighted by atomic mass is 9.92. The molecule has 8 heteroatoms. The van der Waals surface area contributed by atoms with Crippen molar-refractivity contribution >= 4 is 23.5 Å². The van der Waals surface area contributed by atoms with Gasteiger partial charge >= 0.3 is 6.03 Å². The van der Waals surface area contributed by atoms with Gasteiger partial charge in [0.2, 0.25) is 12.7 Å². The molecule has 1 saturated heterocycles. The van der Waals surface area contributed by atoms with E-state index < -0.39 is 17.5 Å². The van der Waals surface area contributed by atoms with Gasteiger partial charge in [-0.1, -0.05) is 24.3 Å². The Labute approximate surface area is 179 Å². The topological polar surface area (TPSA) is 88.2 Å². The third-order valence-electron chi connectivity index (χ3n) is 6.04. The predicted molar refractivity (Wildman–Crippen MR) is 112 cm³/mol. The number of ether oxygens (including phenoxy) is 2. The summed E-state index contributed by atoms with van der Waals surface area (Å²) in [5.74, 6) is 0.607. The number of anilines is 1. The summed E-state index contributed by atoms with van der Waals surface area (Å²) in [6.07, 6.45) is 2.05. The van der Waals surface area contributed by atoms with Crippen molar-refractivity contribution in [2.45, 2.75) is 31.7 Å². The van der Waals surface area contributed by atoms with Crippen molar-refractivity contribution in [1.82, 2.24) is 10.2 Å². The van der Waals surface area contributed by atoms with Gasteiger partial charge < -0.3 is 19.7 Å². The van der Waals surface area contributed by atoms with Gasteiger partial charge in [-0.05, 0) is 49.1 Å². The van der Waals surface area contributed by atoms with Crippen LogP contribution >= 0.6 is 0 Å². The van der Waals surface area contributed by atoms with E-state index in [-0.39, 0.29) is 25.7 Å². The number of nitrogens with zero attached hydrogens (tertiary/aromatic N) is 2. The highest BCUT2D eigenvalue weighted by atomic mass is 16.7. The first-order valence-electron chi connectivity index (χ1n) is 10.4. The summed E-state index contributed by atoms with van der Waals surface area (Å²) in [4.78, 5) is 41.5. The Kier molecular flexibility index (Phi) is 4.57. The molecule has 0 aliphatic carbocycles. The van der Waals surface area contributed by atoms with E-state index in [0.717, 1.165) is 34.6 Å². The van der Waals surface area contributed by atoms with Gasteiger partial charge in [0.1, 0.15) is 12.1 Å². The molecule has 0 unspecified atom stereocenters. The van der Waals surface area contributed by atoms with Gasteiger partial charge in [-0.2, -0.15) is 0 Å². The zero-order valence-electron chi connectivity index (χ0n) is 17.2. The van der Waals surface area contributed by atoms with Crippen molar-refractivity contribution in [1.29, 1.82) is 0 Å². The molecule has 0 aromatic heterocycles. The fourth-order valence-electron chi connectivity index (χ4n) is 4.48. The van der Waals surface area contributed by atoms with Crippen molar-refractivity contribution in [3.05, 3.63) is 53.6 Å². The molecule has 4 amide bonds. The van der Waals surface area contributed by atoms with Crippen LogP contribution in [0.15, 0.2) is 42.5 Å². The molecule has 0 bridgehead atoms. The van der Waals surface area contributed by atoms with Crippen LogP contribution in [0.3, 0.4) is 0 Å². The maximum Gasteiger partial charge on any atom is 0.325 e. The molecule has 2 aromatic rings. The van der Waals surface area contributed by atoms with E-state index in [1.807, 2.05) is 36.4 Å². The minimum Gasteiger partial charge on any atom is -0.454 e. The Morgan fingerprint density at radius 3 is 2.81 bits per heavy atom. The second-order valence-corrected chi connectivity index (χ2v) is 8.30. The second-order valence-electron chi connectivity index (χ2n) is 8.30. The number of carbonyl (C=O) groups is 3. The van der Waals surface area contributed by atoms with Gasteiger partial charge in [0.15, 0.2) is 11.5 Å². The number of fused-ring (bicyclic) bond motifs is 2. The molecular weight excluding hydrogens is 398 g/mol. The molecule has 3 aliphatic heterocycles. The molecule has 3 aliphatic rings. The highest BCUT2D eigenvalue weighted by Gasteiger charge is 2.48. The Morgan fingerprint density at radius 1 is 1.13 bits per heavy atom. The smallest absolute Gasteiger partial charge is 0.325 e. The molecule has 2 aromatic carbocycles. The number of aryl methyl sites for hydroxylation is 1. The minimum absolute atomic E-state index is 0.168. The fourth-order valence-corrected chi connectivity index (χ4v) is 4.48. The number of benzene rings is 2. The minimum atomic E-state index is -1.13. The monoisotopic (exact) mass is 421 g/mol. The van der Waals surface area contributed by atoms with Crippen LogP contribution in [-0.4, -0.2) is 48.2 Å². The lowest BCUT2D eigenvalue weighted by Gasteiger charge is -2.30. The largest absolute Gasteiger partial charge is 0.454 e. The Bertz CT molecular complexity index is 1080. The van der Waals surface area contributed by atoms with Crippen molar-refractivity contribution in [2.24, 2.45) is 0 Å². The number of nitrogens with one attached hydrogen (secondary N) is 1. The molecule has 8 nitrogen and oxygen atoms in total. The number of para-hydroxylation sites is 1. The molecule has 1 fully saturated rings. The van der Waals surface area contributed by atoms with Crippen LogP contribution in [0.5, 0.6) is 11.5 Å². The first-order valence-corrected chi connectivity index (χ1v) is 10.4. The number of carbonyl (C=O) groups excluding carboxylic acids is 3. The molecule has 0 saturated carbocycles. The first kappa shape index (κ1) is 19.4. The summed E-state index contributed by atoms with van der Waals surface area (Å²) >= 11 is 0. The highest BCUT2D eigenvalue weighted by Crippen LogP contribution is 2.34. The van der Waals surface area contributed by atoms with Gasteiger partial charge in [-0.15, -0.1) is 0 Å². The molecule has 1 N–H and O–H groups in total. The van der Waals surface area contributed by atoms with E-state index in [4.69, 9.17) is 9.47 Å². The maximum absolute atomic E-state index is 13.2. The van der Waals surface area contributed by atoms with Crippen LogP contribution in [0.1, 0.15) is 24.5 Å². The number of amides is 4. The number of hydrogen-bond donors (Lipinski definition) is 1. The van der Waals surface area contributed by atoms with Crippen molar-refractivity contribution < 1.29 is 23.9 Å². The number of imide groups is 1. The van der Waals surface area contributed by atoms with E-state index >= 15 is 0 Å². The zero-order valence-corrected chi connectivity index (χ0v) is 17.2. The lowest BCUT2D eigenvalue weighted by Crippen LogP contribution is -2.47. The standard InChI is InChI=1S/C23H23N3O5/c1-23(12-15-8-9-18-19(11-15)31-14-30-18)21(28)26(22(29)24-23)13-20(27)25-10-4-6-16-5-2-3-7-17(16)25/h2-3,5,7-9,11H,4,6,10,12-14H2,1H3,(H,24,29)/t23-/m0/s1. The van der Waals surface area contributed by atoms with Crippen LogP contribution in [0.2, 0.25) is 0 Å². The molecule has 0 radical (unpaired) electrons. The third-order valence-corrected chi connectivity index (χ3v) is 6.04. The van der Waals surface area contributed by atoms with Crippen molar-refractivity contribution in [2.75, 3.05) is 24.8 Å². The quantitative estimate of drug-likeness (QED) is 0.765. The van der Waals surface area contributed by atoms with Crippen LogP contribution in [0.4, 0.5) is 10.5 Å². The van der Waals surface area contributed by atoms with Crippen LogP contribution in [0, 0.1) is 0 Å². The highest BCUT2D eigenvalue weighted by molar-refractivity contribution is 6.10. The predicted octanol–water partition coefficient (Wildman–Crippen LogP) is 2.25. The summed E-state index contributed by atoms with van der Waals surface area (Å²) in [5, 5.41) is 2.77. The van der Waals surface area contributed by atoms with Crippen LogP contribution < -0.4 is 19.7 Å². The van der Waals surface area contributed by atoms with E-state index in [9.17, 15) is 14.4 Å². The Morgan fingerprint density at radius 2 is 1.94 bits per heavy atom. The van der Waals surface area contributed by atoms with E-state index in [1.54, 1.807) is 17.9 Å². The third kappa shape index (κ3) is 3.37. The van der Waals surface area contributed by atoms with Crippen LogP contribution in [0.25, 0.3) is 0 Å². The zero-order chi connectivity index (χ0) is 21.6. The summed E-state index contributed by atoms with van der Waals surface area (Å²) in [7, 11) is 0. The van der Waals surface area contributed by atoms with Crippen molar-refractivity contribution in [3.63, 3.8) is 0 Å². The van der Waals surface area contributed by atoms with Crippen molar-refractivity contribution in [3.8, 4) is 11.5 Å². The SMILES string of the molecule is C[C@@]1(Cc2ccc3c(c2)OCO3)NC(=O)N(CC(=O)N2CCCc3ccccc32)C1=O. The number of rotatable bonds is 4. The second kappa shape index (κ2) is 7.30. The molecule has 3 heterocycles. The number of hydrogen-bond acceptors (Lipinski definition) is 5. The molecule has 31 heavy (non-hydrogen) atoms. The summed E-state index contributed by atoms with van der Waals surface area (Å²) in [6.45, 7) is 2.14. The van der Waals surface area contributed by atoms with Gasteiger partial charge in [-0.3, -0.25) is 14.5 Å². The van der Waals surface area contributed by atoms with E-state index in [2.05, 4.69) is 5.32 Å². The lowest BCUT2D eigenvalue weighted by molar-refractivity contribution is -0.133. The van der Waals surface area contributed by atoms with Gasteiger partial charge in [0.05, 0.1) is 0 Å². The average molecular weight is 421 g/mol. The van der Waals surface area contributed by atoms with E-state index in [1.165, 1.54) is 0 Å². The first-order chi connectivity index (χ1) is 14.9. The maximum atomic E-state index is 13.2. The van der Waals surface area contributed by atoms with Gasteiger partial charge in [-0.25, -0.2) is 4.79 Å². The molecule has 0 spiro atoms. The summed E-state index contributed by atoms with van der Waals surface area (Å²) < 4.78 is 10.7. The normalized spacial score (nSPS) is 21.8. The van der Waals surface area contributed by atoms with Gasteiger partial charge in [0.25, 0.3) is 5.91 Å². The summed E-state index contributed by atoms with van der Waals surface area (Å²) in [6, 6.07) is 12.6. The Hall–Kier alpha value is -3.55. The molecular formula is C23H23N3O5. The average Bonchev–Trinajstić information content (AvgIpc) is 3.31. The summed E-state index contributed by atoms with van der Waals surface area (Å²) in [5.41, 5.74) is 1.66. The van der Waals surface area contributed by atoms with E-state index in [0.29, 0.717) is 18.0 Å². The number of urea groups is 1. The fraction of sp³-hybridized carbons (Fsp3) is 0.348. The van der Waals surface area contributed by atoms with Crippen LogP contribution in [-0.2, 0) is 22.4 Å². The molecule has 1 atom stereocenters. The van der Waals surface area contributed by atoms with Gasteiger partial charge in [0, 0.05) is 18.7 Å².